The summed E-state index contributed by atoms with van der Waals surface area (Å²) in [5, 5.41) is 6.78. The highest BCUT2D eigenvalue weighted by Gasteiger charge is 2.46. The Bertz CT molecular complexity index is 1320. The van der Waals surface area contributed by atoms with Crippen molar-refractivity contribution < 1.29 is 9.59 Å². The predicted octanol–water partition coefficient (Wildman–Crippen LogP) is 8.71. The van der Waals surface area contributed by atoms with Crippen molar-refractivity contribution in [2.75, 3.05) is 13.1 Å². The number of nitrogens with one attached hydrogen (secondary N) is 2. The van der Waals surface area contributed by atoms with Crippen LogP contribution >= 0.6 is 0 Å². The highest BCUT2D eigenvalue weighted by Crippen LogP contribution is 2.54. The average molecular weight is 665 g/mol. The van der Waals surface area contributed by atoms with Crippen LogP contribution in [-0.2, 0) is 9.59 Å². The second kappa shape index (κ2) is 14.1. The number of hydrogen-bond acceptors (Lipinski definition) is 4. The number of benzene rings is 2. The monoisotopic (exact) mass is 664 g/mol. The van der Waals surface area contributed by atoms with E-state index < -0.39 is 5.41 Å². The Morgan fingerprint density at radius 1 is 0.551 bits per heavy atom. The molecular weight excluding hydrogens is 604 g/mol. The SMILES string of the molecule is CCC(CC)(C(=O)NC1CCC(CCN2C3CCC2c2ccccc23)CC1)C(=O)NC1CCC(CCN2C3CCC2c2ccccc23)CC1. The van der Waals surface area contributed by atoms with Gasteiger partial charge in [0.2, 0.25) is 11.8 Å². The van der Waals surface area contributed by atoms with Crippen LogP contribution in [0.5, 0.6) is 0 Å². The molecule has 0 spiro atoms. The first kappa shape index (κ1) is 33.4. The molecule has 8 rings (SSSR count). The Kier molecular flexibility index (Phi) is 9.65. The van der Waals surface area contributed by atoms with Crippen LogP contribution in [0.3, 0.4) is 0 Å². The molecule has 4 bridgehead atoms. The highest BCUT2D eigenvalue weighted by atomic mass is 16.2. The van der Waals surface area contributed by atoms with E-state index in [1.54, 1.807) is 22.3 Å². The third-order valence-electron chi connectivity index (χ3n) is 14.5. The first-order valence-electron chi connectivity index (χ1n) is 20.3. The molecule has 6 nitrogen and oxygen atoms in total. The summed E-state index contributed by atoms with van der Waals surface area (Å²) >= 11 is 0. The van der Waals surface area contributed by atoms with Gasteiger partial charge >= 0.3 is 0 Å². The van der Waals surface area contributed by atoms with Crippen molar-refractivity contribution in [1.82, 2.24) is 20.4 Å². The lowest BCUT2D eigenvalue weighted by Gasteiger charge is -2.36. The average Bonchev–Trinajstić information content (AvgIpc) is 3.90. The molecule has 2 saturated carbocycles. The van der Waals surface area contributed by atoms with Gasteiger partial charge < -0.3 is 10.6 Å². The van der Waals surface area contributed by atoms with Gasteiger partial charge in [-0.3, -0.25) is 19.4 Å². The molecule has 4 fully saturated rings. The van der Waals surface area contributed by atoms with Crippen LogP contribution in [0.4, 0.5) is 0 Å². The van der Waals surface area contributed by atoms with Gasteiger partial charge in [-0.25, -0.2) is 0 Å². The zero-order valence-electron chi connectivity index (χ0n) is 30.2. The smallest absolute Gasteiger partial charge is 0.235 e. The molecule has 4 atom stereocenters. The Balaban J connectivity index is 0.768. The lowest BCUT2D eigenvalue weighted by Crippen LogP contribution is -2.55. The van der Waals surface area contributed by atoms with Gasteiger partial charge in [0.05, 0.1) is 0 Å². The molecule has 49 heavy (non-hydrogen) atoms. The molecule has 4 heterocycles. The minimum absolute atomic E-state index is 0.0419. The summed E-state index contributed by atoms with van der Waals surface area (Å²) < 4.78 is 0. The van der Waals surface area contributed by atoms with E-state index in [1.807, 2.05) is 13.8 Å². The maximum atomic E-state index is 13.9. The van der Waals surface area contributed by atoms with E-state index in [1.165, 1.54) is 77.3 Å². The molecule has 2 aromatic rings. The molecule has 2 N–H and O–H groups in total. The van der Waals surface area contributed by atoms with E-state index in [4.69, 9.17) is 0 Å². The first-order valence-corrected chi connectivity index (χ1v) is 20.3. The summed E-state index contributed by atoms with van der Waals surface area (Å²) in [7, 11) is 0. The normalized spacial score (nSPS) is 32.2. The third-order valence-corrected chi connectivity index (χ3v) is 14.5. The molecule has 0 aromatic heterocycles. The summed E-state index contributed by atoms with van der Waals surface area (Å²) in [6.45, 7) is 6.42. The second-order valence-electron chi connectivity index (χ2n) is 16.7. The van der Waals surface area contributed by atoms with Gasteiger partial charge in [-0.15, -0.1) is 0 Å². The van der Waals surface area contributed by atoms with Crippen LogP contribution in [0.2, 0.25) is 0 Å². The fourth-order valence-electron chi connectivity index (χ4n) is 11.4. The second-order valence-corrected chi connectivity index (χ2v) is 16.7. The van der Waals surface area contributed by atoms with Gasteiger partial charge in [0, 0.05) is 36.3 Å². The lowest BCUT2D eigenvalue weighted by molar-refractivity contribution is -0.145. The van der Waals surface area contributed by atoms with Gasteiger partial charge in [0.15, 0.2) is 0 Å². The number of carbonyl (C=O) groups excluding carboxylic acids is 2. The molecule has 264 valence electrons. The summed E-state index contributed by atoms with van der Waals surface area (Å²) in [6, 6.07) is 21.1. The van der Waals surface area contributed by atoms with Crippen molar-refractivity contribution >= 4 is 11.8 Å². The minimum Gasteiger partial charge on any atom is -0.352 e. The van der Waals surface area contributed by atoms with E-state index in [-0.39, 0.29) is 23.9 Å². The Labute approximate surface area is 295 Å². The predicted molar refractivity (Wildman–Crippen MR) is 196 cm³/mol. The summed E-state index contributed by atoms with van der Waals surface area (Å²) in [5.74, 6) is 1.39. The third kappa shape index (κ3) is 6.17. The molecule has 6 heteroatoms. The number of nitrogens with zero attached hydrogens (tertiary/aromatic N) is 2. The van der Waals surface area contributed by atoms with E-state index in [0.717, 1.165) is 37.5 Å². The largest absolute Gasteiger partial charge is 0.352 e. The molecule has 4 aliphatic heterocycles. The van der Waals surface area contributed by atoms with Gasteiger partial charge in [-0.05, 0) is 150 Å². The molecular formula is C43H60N4O2. The molecule has 2 amide bonds. The van der Waals surface area contributed by atoms with E-state index >= 15 is 0 Å². The Morgan fingerprint density at radius 3 is 1.18 bits per heavy atom. The van der Waals surface area contributed by atoms with Crippen molar-refractivity contribution in [3.8, 4) is 0 Å². The van der Waals surface area contributed by atoms with E-state index in [2.05, 4.69) is 69.0 Å². The molecule has 6 aliphatic rings. The quantitative estimate of drug-likeness (QED) is 0.223. The van der Waals surface area contributed by atoms with Crippen molar-refractivity contribution in [3.63, 3.8) is 0 Å². The fraction of sp³-hybridized carbons (Fsp3) is 0.674. The maximum absolute atomic E-state index is 13.9. The number of fused-ring (bicyclic) bond motifs is 10. The van der Waals surface area contributed by atoms with Gasteiger partial charge in [0.25, 0.3) is 0 Å². The van der Waals surface area contributed by atoms with Crippen LogP contribution in [-0.4, -0.2) is 46.8 Å². The zero-order valence-corrected chi connectivity index (χ0v) is 30.2. The summed E-state index contributed by atoms with van der Waals surface area (Å²) in [4.78, 5) is 33.3. The number of carbonyl (C=O) groups is 2. The zero-order chi connectivity index (χ0) is 33.5. The molecule has 4 unspecified atom stereocenters. The molecule has 2 aromatic carbocycles. The Morgan fingerprint density at radius 2 is 0.878 bits per heavy atom. The summed E-state index contributed by atoms with van der Waals surface area (Å²) in [5.41, 5.74) is 5.32. The van der Waals surface area contributed by atoms with Gasteiger partial charge in [-0.1, -0.05) is 62.4 Å². The van der Waals surface area contributed by atoms with Crippen molar-refractivity contribution in [2.45, 2.75) is 153 Å². The van der Waals surface area contributed by atoms with Crippen molar-refractivity contribution in [3.05, 3.63) is 70.8 Å². The van der Waals surface area contributed by atoms with Crippen LogP contribution in [0.1, 0.15) is 163 Å². The molecule has 2 aliphatic carbocycles. The summed E-state index contributed by atoms with van der Waals surface area (Å²) in [6.07, 6.45) is 17.7. The number of hydrogen-bond donors (Lipinski definition) is 2. The standard InChI is InChI=1S/C43H60N4O2/c1-3-43(4-2,41(48)44-31-17-13-29(14-18-31)25-27-46-37-21-22-38(46)34-10-6-5-9-33(34)37)42(49)45-32-19-15-30(16-20-32)26-28-47-39-23-24-40(47)36-12-8-7-11-35(36)39/h5-12,29-32,37-40H,3-4,13-28H2,1-2H3,(H,44,48)(H,45,49). The van der Waals surface area contributed by atoms with Crippen LogP contribution < -0.4 is 10.6 Å². The Hall–Kier alpha value is -2.70. The molecule has 0 radical (unpaired) electrons. The van der Waals surface area contributed by atoms with Gasteiger partial charge in [-0.2, -0.15) is 0 Å². The fourth-order valence-corrected chi connectivity index (χ4v) is 11.4. The van der Waals surface area contributed by atoms with Crippen molar-refractivity contribution in [2.24, 2.45) is 17.3 Å². The van der Waals surface area contributed by atoms with Crippen molar-refractivity contribution in [1.29, 1.82) is 0 Å². The number of rotatable bonds is 12. The number of amides is 2. The topological polar surface area (TPSA) is 64.7 Å². The van der Waals surface area contributed by atoms with E-state index in [9.17, 15) is 9.59 Å². The van der Waals surface area contributed by atoms with E-state index in [0.29, 0.717) is 37.0 Å². The molecule has 2 saturated heterocycles. The van der Waals surface area contributed by atoms with Crippen LogP contribution in [0, 0.1) is 17.3 Å². The first-order chi connectivity index (χ1) is 24.0. The van der Waals surface area contributed by atoms with Crippen LogP contribution in [0.15, 0.2) is 48.5 Å². The lowest BCUT2D eigenvalue weighted by atomic mass is 9.78. The van der Waals surface area contributed by atoms with Crippen LogP contribution in [0.25, 0.3) is 0 Å². The maximum Gasteiger partial charge on any atom is 0.235 e. The minimum atomic E-state index is -0.970. The van der Waals surface area contributed by atoms with Gasteiger partial charge in [0.1, 0.15) is 5.41 Å². The highest BCUT2D eigenvalue weighted by molar-refractivity contribution is 6.05.